The maximum Gasteiger partial charge on any atom is 0.264 e. The minimum absolute atomic E-state index is 0.0658. The molecule has 0 aliphatic rings. The Balaban J connectivity index is 2.06. The summed E-state index contributed by atoms with van der Waals surface area (Å²) in [5.41, 5.74) is 2.37. The second-order valence-corrected chi connectivity index (χ2v) is 11.7. The van der Waals surface area contributed by atoms with Crippen LogP contribution in [0, 0.1) is 19.7 Å². The number of nitrogens with zero attached hydrogens (tertiary/aromatic N) is 2. The molecule has 0 fully saturated rings. The summed E-state index contributed by atoms with van der Waals surface area (Å²) in [6.07, 6.45) is 2.02. The van der Waals surface area contributed by atoms with Gasteiger partial charge in [0.15, 0.2) is 0 Å². The van der Waals surface area contributed by atoms with Crippen LogP contribution in [0.2, 0.25) is 0 Å². The molecule has 3 aromatic rings. The first-order valence-corrected chi connectivity index (χ1v) is 15.0. The maximum atomic E-state index is 15.0. The first kappa shape index (κ1) is 30.8. The molecule has 7 nitrogen and oxygen atoms in total. The lowest BCUT2D eigenvalue weighted by atomic mass is 10.1. The number of para-hydroxylation sites is 1. The lowest BCUT2D eigenvalue weighted by molar-refractivity contribution is -0.140. The van der Waals surface area contributed by atoms with Gasteiger partial charge in [0.2, 0.25) is 11.8 Å². The fourth-order valence-electron chi connectivity index (χ4n) is 4.40. The average molecular weight is 568 g/mol. The van der Waals surface area contributed by atoms with E-state index in [2.05, 4.69) is 5.32 Å². The predicted molar refractivity (Wildman–Crippen MR) is 156 cm³/mol. The Bertz CT molecular complexity index is 1410. The Morgan fingerprint density at radius 3 is 2.20 bits per heavy atom. The molecule has 0 radical (unpaired) electrons. The average Bonchev–Trinajstić information content (AvgIpc) is 2.93. The smallest absolute Gasteiger partial charge is 0.264 e. The van der Waals surface area contributed by atoms with Crippen LogP contribution in [-0.4, -0.2) is 44.3 Å². The number of benzene rings is 3. The van der Waals surface area contributed by atoms with E-state index in [1.54, 1.807) is 19.1 Å². The van der Waals surface area contributed by atoms with Gasteiger partial charge in [-0.1, -0.05) is 74.4 Å². The van der Waals surface area contributed by atoms with Crippen molar-refractivity contribution in [3.8, 4) is 0 Å². The number of halogens is 1. The summed E-state index contributed by atoms with van der Waals surface area (Å²) < 4.78 is 43.5. The van der Waals surface area contributed by atoms with Crippen LogP contribution < -0.4 is 9.62 Å². The fraction of sp³-hybridized carbons (Fsp3) is 0.355. The Morgan fingerprint density at radius 2 is 1.57 bits per heavy atom. The van der Waals surface area contributed by atoms with Crippen LogP contribution in [0.1, 0.15) is 49.8 Å². The maximum absolute atomic E-state index is 15.0. The Hall–Kier alpha value is -3.72. The predicted octanol–water partition coefficient (Wildman–Crippen LogP) is 5.36. The van der Waals surface area contributed by atoms with Crippen molar-refractivity contribution in [3.05, 3.63) is 95.3 Å². The van der Waals surface area contributed by atoms with Crippen LogP contribution in [0.5, 0.6) is 0 Å². The van der Waals surface area contributed by atoms with Gasteiger partial charge in [0, 0.05) is 13.1 Å². The van der Waals surface area contributed by atoms with Crippen molar-refractivity contribution in [1.82, 2.24) is 10.2 Å². The molecule has 9 heteroatoms. The highest BCUT2D eigenvalue weighted by Gasteiger charge is 2.34. The van der Waals surface area contributed by atoms with E-state index in [-0.39, 0.29) is 23.0 Å². The SMILES string of the molecule is CCCCNC(=O)C(CC)N(Cc1ccccc1C)C(=O)CN(c1ccccc1F)S(=O)(=O)c1ccc(C)cc1. The van der Waals surface area contributed by atoms with Crippen molar-refractivity contribution in [1.29, 1.82) is 0 Å². The molecule has 0 aliphatic heterocycles. The largest absolute Gasteiger partial charge is 0.354 e. The van der Waals surface area contributed by atoms with Crippen molar-refractivity contribution in [3.63, 3.8) is 0 Å². The summed E-state index contributed by atoms with van der Waals surface area (Å²) in [6, 6.07) is 18.3. The van der Waals surface area contributed by atoms with E-state index < -0.39 is 34.3 Å². The van der Waals surface area contributed by atoms with Gasteiger partial charge in [-0.15, -0.1) is 0 Å². The zero-order chi connectivity index (χ0) is 29.3. The van der Waals surface area contributed by atoms with Gasteiger partial charge >= 0.3 is 0 Å². The van der Waals surface area contributed by atoms with Gasteiger partial charge in [0.05, 0.1) is 10.6 Å². The number of amides is 2. The molecule has 0 aliphatic carbocycles. The number of sulfonamides is 1. The molecule has 1 N–H and O–H groups in total. The van der Waals surface area contributed by atoms with Crippen LogP contribution in [0.4, 0.5) is 10.1 Å². The van der Waals surface area contributed by atoms with Gasteiger partial charge in [0.25, 0.3) is 10.0 Å². The van der Waals surface area contributed by atoms with Crippen LogP contribution >= 0.6 is 0 Å². The third-order valence-electron chi connectivity index (χ3n) is 6.83. The molecule has 3 rings (SSSR count). The molecular formula is C31H38FN3O4S. The first-order chi connectivity index (χ1) is 19.1. The number of unbranched alkanes of at least 4 members (excludes halogenated alkanes) is 1. The molecule has 1 unspecified atom stereocenters. The van der Waals surface area contributed by atoms with Gasteiger partial charge in [-0.05, 0) is 62.1 Å². The summed E-state index contributed by atoms with van der Waals surface area (Å²) in [4.78, 5) is 28.6. The van der Waals surface area contributed by atoms with Gasteiger partial charge in [-0.3, -0.25) is 13.9 Å². The molecule has 0 spiro atoms. The second-order valence-electron chi connectivity index (χ2n) is 9.79. The monoisotopic (exact) mass is 567 g/mol. The third-order valence-corrected chi connectivity index (χ3v) is 8.60. The molecular weight excluding hydrogens is 529 g/mol. The number of rotatable bonds is 13. The van der Waals surface area contributed by atoms with Crippen LogP contribution in [0.15, 0.2) is 77.7 Å². The van der Waals surface area contributed by atoms with Crippen molar-refractivity contribution in [2.24, 2.45) is 0 Å². The Kier molecular flexibility index (Phi) is 10.8. The minimum atomic E-state index is -4.33. The lowest BCUT2D eigenvalue weighted by Gasteiger charge is -2.33. The van der Waals surface area contributed by atoms with E-state index in [9.17, 15) is 18.0 Å². The second kappa shape index (κ2) is 14.1. The van der Waals surface area contributed by atoms with E-state index in [1.165, 1.54) is 35.2 Å². The molecule has 0 aromatic heterocycles. The Morgan fingerprint density at radius 1 is 0.925 bits per heavy atom. The number of hydrogen-bond acceptors (Lipinski definition) is 4. The van der Waals surface area contributed by atoms with Crippen LogP contribution in [-0.2, 0) is 26.2 Å². The summed E-state index contributed by atoms with van der Waals surface area (Å²) in [5, 5.41) is 2.90. The molecule has 1 atom stereocenters. The number of anilines is 1. The fourth-order valence-corrected chi connectivity index (χ4v) is 5.82. The molecule has 40 heavy (non-hydrogen) atoms. The molecule has 0 saturated heterocycles. The van der Waals surface area contributed by atoms with E-state index in [0.717, 1.165) is 39.9 Å². The van der Waals surface area contributed by atoms with Gasteiger partial charge in [0.1, 0.15) is 18.4 Å². The topological polar surface area (TPSA) is 86.8 Å². The van der Waals surface area contributed by atoms with Crippen molar-refractivity contribution >= 4 is 27.5 Å². The molecule has 3 aromatic carbocycles. The van der Waals surface area contributed by atoms with E-state index >= 15 is 4.39 Å². The number of aryl methyl sites for hydroxylation is 2. The van der Waals surface area contributed by atoms with Crippen molar-refractivity contribution in [2.75, 3.05) is 17.4 Å². The molecule has 0 bridgehead atoms. The van der Waals surface area contributed by atoms with Crippen LogP contribution in [0.25, 0.3) is 0 Å². The number of carbonyl (C=O) groups excluding carboxylic acids is 2. The number of nitrogens with one attached hydrogen (secondary N) is 1. The Labute approximate surface area is 237 Å². The molecule has 214 valence electrons. The zero-order valence-electron chi connectivity index (χ0n) is 23.6. The third kappa shape index (κ3) is 7.47. The molecule has 0 heterocycles. The normalized spacial score (nSPS) is 12.0. The quantitative estimate of drug-likeness (QED) is 0.282. The van der Waals surface area contributed by atoms with Gasteiger partial charge in [-0.25, -0.2) is 12.8 Å². The highest BCUT2D eigenvalue weighted by Crippen LogP contribution is 2.27. The summed E-state index contributed by atoms with van der Waals surface area (Å²) in [7, 11) is -4.33. The summed E-state index contributed by atoms with van der Waals surface area (Å²) in [6.45, 7) is 7.45. The van der Waals surface area contributed by atoms with Gasteiger partial charge in [-0.2, -0.15) is 0 Å². The van der Waals surface area contributed by atoms with E-state index in [1.807, 2.05) is 45.0 Å². The van der Waals surface area contributed by atoms with Crippen molar-refractivity contribution in [2.45, 2.75) is 64.4 Å². The van der Waals surface area contributed by atoms with E-state index in [4.69, 9.17) is 0 Å². The standard InChI is InChI=1S/C31H38FN3O4S/c1-5-7-20-33-31(37)28(6-2)34(21-25-13-9-8-12-24(25)4)30(36)22-35(29-15-11-10-14-27(29)32)40(38,39)26-18-16-23(3)17-19-26/h8-19,28H,5-7,20-22H2,1-4H3,(H,33,37). The zero-order valence-corrected chi connectivity index (χ0v) is 24.4. The van der Waals surface area contributed by atoms with Crippen molar-refractivity contribution < 1.29 is 22.4 Å². The first-order valence-electron chi connectivity index (χ1n) is 13.6. The summed E-state index contributed by atoms with van der Waals surface area (Å²) in [5.74, 6) is -1.70. The number of hydrogen-bond donors (Lipinski definition) is 1. The summed E-state index contributed by atoms with van der Waals surface area (Å²) >= 11 is 0. The molecule has 2 amide bonds. The van der Waals surface area contributed by atoms with E-state index in [0.29, 0.717) is 13.0 Å². The highest BCUT2D eigenvalue weighted by molar-refractivity contribution is 7.92. The van der Waals surface area contributed by atoms with Gasteiger partial charge < -0.3 is 10.2 Å². The molecule has 0 saturated carbocycles. The minimum Gasteiger partial charge on any atom is -0.354 e. The lowest BCUT2D eigenvalue weighted by Crippen LogP contribution is -2.52. The highest BCUT2D eigenvalue weighted by atomic mass is 32.2. The number of carbonyl (C=O) groups is 2. The van der Waals surface area contributed by atoms with Crippen LogP contribution in [0.3, 0.4) is 0 Å².